The largest absolute Gasteiger partial charge is 0.383 e. The molecule has 0 amide bonds. The van der Waals surface area contributed by atoms with Crippen LogP contribution >= 0.6 is 45.5 Å². The highest BCUT2D eigenvalue weighted by Crippen LogP contribution is 2.28. The van der Waals surface area contributed by atoms with Crippen LogP contribution in [-0.4, -0.2) is 30.5 Å². The van der Waals surface area contributed by atoms with E-state index in [0.29, 0.717) is 13.2 Å². The minimum absolute atomic E-state index is 0.693. The van der Waals surface area contributed by atoms with Gasteiger partial charge < -0.3 is 10.1 Å². The summed E-state index contributed by atoms with van der Waals surface area (Å²) in [5.41, 5.74) is 1.01. The fourth-order valence-electron chi connectivity index (χ4n) is 1.44. The van der Waals surface area contributed by atoms with E-state index in [2.05, 4.69) is 38.1 Å². The van der Waals surface area contributed by atoms with Crippen LogP contribution in [0.3, 0.4) is 0 Å². The predicted molar refractivity (Wildman–Crippen MR) is 86.7 cm³/mol. The lowest BCUT2D eigenvalue weighted by molar-refractivity contribution is 0.199. The van der Waals surface area contributed by atoms with Crippen LogP contribution in [0.15, 0.2) is 18.2 Å². The molecule has 0 bridgehead atoms. The molecule has 0 spiro atoms. The van der Waals surface area contributed by atoms with Gasteiger partial charge in [-0.05, 0) is 34.7 Å². The monoisotopic (exact) mass is 409 g/mol. The SMILES string of the molecule is COCCNCc1nnc(-c2ccc(I)c(Cl)c2)s1. The van der Waals surface area contributed by atoms with Crippen molar-refractivity contribution < 1.29 is 4.74 Å². The molecule has 0 aliphatic carbocycles. The fraction of sp³-hybridized carbons (Fsp3) is 0.333. The van der Waals surface area contributed by atoms with Crippen LogP contribution < -0.4 is 5.32 Å². The van der Waals surface area contributed by atoms with Crippen molar-refractivity contribution in [1.82, 2.24) is 15.5 Å². The van der Waals surface area contributed by atoms with Gasteiger partial charge in [-0.25, -0.2) is 0 Å². The molecule has 0 aliphatic heterocycles. The number of nitrogens with one attached hydrogen (secondary N) is 1. The second kappa shape index (κ2) is 7.49. The van der Waals surface area contributed by atoms with Crippen LogP contribution in [0.5, 0.6) is 0 Å². The van der Waals surface area contributed by atoms with E-state index < -0.39 is 0 Å². The zero-order valence-electron chi connectivity index (χ0n) is 10.3. The van der Waals surface area contributed by atoms with Gasteiger partial charge >= 0.3 is 0 Å². The van der Waals surface area contributed by atoms with E-state index in [1.54, 1.807) is 18.4 Å². The minimum Gasteiger partial charge on any atom is -0.383 e. The van der Waals surface area contributed by atoms with Crippen molar-refractivity contribution in [2.24, 2.45) is 0 Å². The predicted octanol–water partition coefficient (Wildman–Crippen LogP) is 3.20. The summed E-state index contributed by atoms with van der Waals surface area (Å²) < 4.78 is 6.00. The summed E-state index contributed by atoms with van der Waals surface area (Å²) in [5.74, 6) is 0. The Hall–Kier alpha value is -0.280. The Morgan fingerprint density at radius 1 is 1.42 bits per heavy atom. The average Bonchev–Trinajstić information content (AvgIpc) is 2.87. The summed E-state index contributed by atoms with van der Waals surface area (Å²) in [7, 11) is 1.69. The number of hydrogen-bond acceptors (Lipinski definition) is 5. The molecule has 1 aromatic carbocycles. The van der Waals surface area contributed by atoms with Crippen molar-refractivity contribution in [2.45, 2.75) is 6.54 Å². The van der Waals surface area contributed by atoms with Crippen molar-refractivity contribution in [3.63, 3.8) is 0 Å². The number of benzene rings is 1. The van der Waals surface area contributed by atoms with Crippen molar-refractivity contribution in [3.8, 4) is 10.6 Å². The molecule has 1 N–H and O–H groups in total. The number of nitrogens with zero attached hydrogens (tertiary/aromatic N) is 2. The van der Waals surface area contributed by atoms with Gasteiger partial charge in [-0.15, -0.1) is 10.2 Å². The van der Waals surface area contributed by atoms with E-state index >= 15 is 0 Å². The summed E-state index contributed by atoms with van der Waals surface area (Å²) >= 11 is 9.89. The molecule has 0 saturated heterocycles. The molecule has 19 heavy (non-hydrogen) atoms. The standard InChI is InChI=1S/C12H13ClIN3OS/c1-18-5-4-15-7-11-16-17-12(19-11)8-2-3-10(14)9(13)6-8/h2-3,6,15H,4-5,7H2,1H3. The molecular formula is C12H13ClIN3OS. The second-order valence-electron chi connectivity index (χ2n) is 3.80. The lowest BCUT2D eigenvalue weighted by atomic mass is 10.2. The first-order valence-electron chi connectivity index (χ1n) is 5.68. The molecule has 102 valence electrons. The molecule has 0 saturated carbocycles. The van der Waals surface area contributed by atoms with Gasteiger partial charge in [-0.3, -0.25) is 0 Å². The van der Waals surface area contributed by atoms with Crippen LogP contribution in [0.4, 0.5) is 0 Å². The molecule has 4 nitrogen and oxygen atoms in total. The summed E-state index contributed by atoms with van der Waals surface area (Å²) in [6.07, 6.45) is 0. The Bertz CT molecular complexity index is 550. The Balaban J connectivity index is 2.01. The Morgan fingerprint density at radius 2 is 2.26 bits per heavy atom. The van der Waals surface area contributed by atoms with Gasteiger partial charge in [0, 0.05) is 29.3 Å². The number of ether oxygens (including phenoxy) is 1. The van der Waals surface area contributed by atoms with Crippen molar-refractivity contribution in [3.05, 3.63) is 31.8 Å². The van der Waals surface area contributed by atoms with Crippen LogP contribution in [0, 0.1) is 3.57 Å². The maximum Gasteiger partial charge on any atom is 0.147 e. The first-order valence-corrected chi connectivity index (χ1v) is 7.95. The topological polar surface area (TPSA) is 47.0 Å². The molecule has 1 heterocycles. The van der Waals surface area contributed by atoms with Crippen molar-refractivity contribution in [2.75, 3.05) is 20.3 Å². The number of aromatic nitrogens is 2. The molecule has 0 fully saturated rings. The third-order valence-electron chi connectivity index (χ3n) is 2.39. The van der Waals surface area contributed by atoms with E-state index in [4.69, 9.17) is 16.3 Å². The molecule has 0 unspecified atom stereocenters. The summed E-state index contributed by atoms with van der Waals surface area (Å²) in [4.78, 5) is 0. The Labute approximate surface area is 134 Å². The third kappa shape index (κ3) is 4.35. The molecule has 0 aliphatic rings. The molecule has 2 aromatic rings. The van der Waals surface area contributed by atoms with Gasteiger partial charge in [0.15, 0.2) is 0 Å². The van der Waals surface area contributed by atoms with Crippen LogP contribution in [-0.2, 0) is 11.3 Å². The van der Waals surface area contributed by atoms with Crippen LogP contribution in [0.1, 0.15) is 5.01 Å². The van der Waals surface area contributed by atoms with E-state index in [-0.39, 0.29) is 0 Å². The molecule has 1 aromatic heterocycles. The summed E-state index contributed by atoms with van der Waals surface area (Å²) in [6.45, 7) is 2.21. The molecule has 7 heteroatoms. The number of halogens is 2. The smallest absolute Gasteiger partial charge is 0.147 e. The third-order valence-corrected chi connectivity index (χ3v) is 4.94. The Kier molecular flexibility index (Phi) is 5.96. The fourth-order valence-corrected chi connectivity index (χ4v) is 2.76. The zero-order chi connectivity index (χ0) is 13.7. The van der Waals surface area contributed by atoms with Crippen molar-refractivity contribution in [1.29, 1.82) is 0 Å². The minimum atomic E-state index is 0.693. The number of methoxy groups -OCH3 is 1. The van der Waals surface area contributed by atoms with E-state index in [1.165, 1.54) is 0 Å². The quantitative estimate of drug-likeness (QED) is 0.588. The first kappa shape index (κ1) is 15.1. The summed E-state index contributed by atoms with van der Waals surface area (Å²) in [6, 6.07) is 5.92. The molecule has 2 rings (SSSR count). The van der Waals surface area contributed by atoms with Crippen LogP contribution in [0.2, 0.25) is 5.02 Å². The molecule has 0 radical (unpaired) electrons. The molecular weight excluding hydrogens is 397 g/mol. The highest BCUT2D eigenvalue weighted by atomic mass is 127. The number of hydrogen-bond donors (Lipinski definition) is 1. The molecule has 0 atom stereocenters. The number of rotatable bonds is 6. The normalized spacial score (nSPS) is 10.9. The van der Waals surface area contributed by atoms with Gasteiger partial charge in [0.25, 0.3) is 0 Å². The lowest BCUT2D eigenvalue weighted by Gasteiger charge is -2.00. The highest BCUT2D eigenvalue weighted by Gasteiger charge is 2.08. The van der Waals surface area contributed by atoms with Gasteiger partial charge in [0.2, 0.25) is 0 Å². The van der Waals surface area contributed by atoms with Crippen molar-refractivity contribution >= 4 is 45.5 Å². The summed E-state index contributed by atoms with van der Waals surface area (Å²) in [5, 5.41) is 14.2. The van der Waals surface area contributed by atoms with E-state index in [9.17, 15) is 0 Å². The maximum atomic E-state index is 6.11. The lowest BCUT2D eigenvalue weighted by Crippen LogP contribution is -2.18. The van der Waals surface area contributed by atoms with Gasteiger partial charge in [0.1, 0.15) is 10.0 Å². The second-order valence-corrected chi connectivity index (χ2v) is 6.43. The van der Waals surface area contributed by atoms with E-state index in [1.807, 2.05) is 18.2 Å². The van der Waals surface area contributed by atoms with Gasteiger partial charge in [0.05, 0.1) is 11.6 Å². The average molecular weight is 410 g/mol. The van der Waals surface area contributed by atoms with Gasteiger partial charge in [-0.1, -0.05) is 29.0 Å². The highest BCUT2D eigenvalue weighted by molar-refractivity contribution is 14.1. The van der Waals surface area contributed by atoms with Gasteiger partial charge in [-0.2, -0.15) is 0 Å². The van der Waals surface area contributed by atoms with Crippen LogP contribution in [0.25, 0.3) is 10.6 Å². The van der Waals surface area contributed by atoms with E-state index in [0.717, 1.165) is 30.7 Å². The Morgan fingerprint density at radius 3 is 3.00 bits per heavy atom. The zero-order valence-corrected chi connectivity index (χ0v) is 14.1. The first-order chi connectivity index (χ1) is 9.20. The maximum absolute atomic E-state index is 6.11.